The molecule has 0 amide bonds. The smallest absolute Gasteiger partial charge is 0.199 e. The molecule has 0 aliphatic rings. The fraction of sp³-hybridized carbons (Fsp3) is 0.235. The van der Waals surface area contributed by atoms with Gasteiger partial charge in [-0.2, -0.15) is 5.10 Å². The Bertz CT molecular complexity index is 918. The standard InChI is InChI=1S/C17H17ClFN5S/c1-22(10-13-14(18)4-3-5-15(13)19)11-24-17(25)23(2)16(21-24)12-6-8-20-9-7-12/h3-9H,10-11H2,1-2H3. The van der Waals surface area contributed by atoms with Gasteiger partial charge in [-0.15, -0.1) is 0 Å². The van der Waals surface area contributed by atoms with Crippen molar-refractivity contribution in [2.45, 2.75) is 13.2 Å². The van der Waals surface area contributed by atoms with Crippen LogP contribution in [0.1, 0.15) is 5.56 Å². The number of aromatic nitrogens is 4. The van der Waals surface area contributed by atoms with Crippen LogP contribution >= 0.6 is 23.8 Å². The van der Waals surface area contributed by atoms with Crippen molar-refractivity contribution in [1.82, 2.24) is 24.2 Å². The topological polar surface area (TPSA) is 38.9 Å². The highest BCUT2D eigenvalue weighted by Crippen LogP contribution is 2.21. The Balaban J connectivity index is 1.83. The van der Waals surface area contributed by atoms with E-state index in [-0.39, 0.29) is 5.82 Å². The molecule has 0 atom stereocenters. The van der Waals surface area contributed by atoms with Crippen LogP contribution in [-0.4, -0.2) is 31.3 Å². The maximum atomic E-state index is 14.0. The molecule has 25 heavy (non-hydrogen) atoms. The van der Waals surface area contributed by atoms with E-state index < -0.39 is 0 Å². The van der Waals surface area contributed by atoms with Crippen molar-refractivity contribution in [3.05, 3.63) is 63.9 Å². The second kappa shape index (κ2) is 7.43. The number of pyridine rings is 1. The van der Waals surface area contributed by atoms with Gasteiger partial charge >= 0.3 is 0 Å². The van der Waals surface area contributed by atoms with Crippen molar-refractivity contribution in [3.8, 4) is 11.4 Å². The zero-order valence-electron chi connectivity index (χ0n) is 13.9. The van der Waals surface area contributed by atoms with E-state index in [1.165, 1.54) is 6.07 Å². The molecule has 3 rings (SSSR count). The van der Waals surface area contributed by atoms with Crippen molar-refractivity contribution in [2.75, 3.05) is 7.05 Å². The van der Waals surface area contributed by atoms with Gasteiger partial charge in [-0.05, 0) is 43.5 Å². The van der Waals surface area contributed by atoms with Crippen molar-refractivity contribution in [3.63, 3.8) is 0 Å². The summed E-state index contributed by atoms with van der Waals surface area (Å²) in [4.78, 5) is 5.92. The van der Waals surface area contributed by atoms with Crippen LogP contribution in [0.5, 0.6) is 0 Å². The van der Waals surface area contributed by atoms with E-state index in [9.17, 15) is 4.39 Å². The van der Waals surface area contributed by atoms with E-state index in [1.54, 1.807) is 29.2 Å². The molecule has 0 spiro atoms. The molecule has 0 saturated carbocycles. The van der Waals surface area contributed by atoms with Crippen LogP contribution in [0.3, 0.4) is 0 Å². The van der Waals surface area contributed by atoms with Gasteiger partial charge in [0.25, 0.3) is 0 Å². The van der Waals surface area contributed by atoms with Crippen molar-refractivity contribution in [2.24, 2.45) is 7.05 Å². The number of hydrogen-bond acceptors (Lipinski definition) is 4. The summed E-state index contributed by atoms with van der Waals surface area (Å²) in [7, 11) is 3.74. The van der Waals surface area contributed by atoms with Gasteiger partial charge in [0, 0.05) is 42.1 Å². The van der Waals surface area contributed by atoms with Crippen LogP contribution in [0.15, 0.2) is 42.7 Å². The van der Waals surface area contributed by atoms with Gasteiger partial charge in [0.2, 0.25) is 0 Å². The molecule has 3 aromatic rings. The molecule has 0 aliphatic carbocycles. The zero-order valence-corrected chi connectivity index (χ0v) is 15.4. The molecule has 2 aromatic heterocycles. The van der Waals surface area contributed by atoms with E-state index in [0.717, 1.165) is 11.4 Å². The normalized spacial score (nSPS) is 11.2. The van der Waals surface area contributed by atoms with Gasteiger partial charge < -0.3 is 4.57 Å². The van der Waals surface area contributed by atoms with Crippen LogP contribution in [0.25, 0.3) is 11.4 Å². The largest absolute Gasteiger partial charge is 0.303 e. The fourth-order valence-electron chi connectivity index (χ4n) is 2.56. The van der Waals surface area contributed by atoms with Crippen LogP contribution in [0, 0.1) is 10.6 Å². The quantitative estimate of drug-likeness (QED) is 0.632. The molecule has 130 valence electrons. The molecular formula is C17H17ClFN5S. The molecule has 2 heterocycles. The summed E-state index contributed by atoms with van der Waals surface area (Å²) in [5.41, 5.74) is 1.39. The molecule has 0 aliphatic heterocycles. The molecule has 5 nitrogen and oxygen atoms in total. The summed E-state index contributed by atoms with van der Waals surface area (Å²) < 4.78 is 18.1. The highest BCUT2D eigenvalue weighted by atomic mass is 35.5. The molecular weight excluding hydrogens is 361 g/mol. The highest BCUT2D eigenvalue weighted by Gasteiger charge is 2.13. The van der Waals surface area contributed by atoms with Gasteiger partial charge in [0.05, 0.1) is 6.67 Å². The van der Waals surface area contributed by atoms with Crippen molar-refractivity contribution >= 4 is 23.8 Å². The zero-order chi connectivity index (χ0) is 18.0. The minimum Gasteiger partial charge on any atom is -0.303 e. The molecule has 1 aromatic carbocycles. The predicted molar refractivity (Wildman–Crippen MR) is 98.1 cm³/mol. The Kier molecular flexibility index (Phi) is 5.27. The van der Waals surface area contributed by atoms with Crippen molar-refractivity contribution < 1.29 is 4.39 Å². The summed E-state index contributed by atoms with van der Waals surface area (Å²) in [6.07, 6.45) is 3.42. The summed E-state index contributed by atoms with van der Waals surface area (Å²) >= 11 is 11.6. The van der Waals surface area contributed by atoms with Gasteiger partial charge in [-0.1, -0.05) is 17.7 Å². The van der Waals surface area contributed by atoms with Crippen LogP contribution < -0.4 is 0 Å². The minimum atomic E-state index is -0.318. The Hall–Kier alpha value is -2.09. The third-order valence-electron chi connectivity index (χ3n) is 3.84. The first-order valence-corrected chi connectivity index (χ1v) is 8.41. The minimum absolute atomic E-state index is 0.318. The Morgan fingerprint density at radius 3 is 2.64 bits per heavy atom. The molecule has 8 heteroatoms. The number of nitrogens with zero attached hydrogens (tertiary/aromatic N) is 5. The predicted octanol–water partition coefficient (Wildman–Crippen LogP) is 3.90. The maximum absolute atomic E-state index is 14.0. The van der Waals surface area contributed by atoms with Crippen molar-refractivity contribution in [1.29, 1.82) is 0 Å². The van der Waals surface area contributed by atoms with Gasteiger partial charge in [0.1, 0.15) is 5.82 Å². The lowest BCUT2D eigenvalue weighted by Crippen LogP contribution is -2.23. The van der Waals surface area contributed by atoms with E-state index in [4.69, 9.17) is 23.8 Å². The number of benzene rings is 1. The maximum Gasteiger partial charge on any atom is 0.199 e. The van der Waals surface area contributed by atoms with E-state index in [0.29, 0.717) is 28.6 Å². The van der Waals surface area contributed by atoms with E-state index in [1.807, 2.05) is 35.7 Å². The second-order valence-electron chi connectivity index (χ2n) is 5.76. The first-order chi connectivity index (χ1) is 12.0. The third kappa shape index (κ3) is 3.78. The number of rotatable bonds is 5. The number of halogens is 2. The number of hydrogen-bond donors (Lipinski definition) is 0. The van der Waals surface area contributed by atoms with Gasteiger partial charge in [-0.25, -0.2) is 9.07 Å². The molecule has 0 radical (unpaired) electrons. The molecule has 0 unspecified atom stereocenters. The Morgan fingerprint density at radius 1 is 1.24 bits per heavy atom. The molecule has 0 fully saturated rings. The SMILES string of the molecule is CN(Cc1c(F)cccc1Cl)Cn1nc(-c2ccncc2)n(C)c1=S. The first-order valence-electron chi connectivity index (χ1n) is 7.63. The fourth-order valence-corrected chi connectivity index (χ4v) is 2.97. The summed E-state index contributed by atoms with van der Waals surface area (Å²) in [6.45, 7) is 0.775. The second-order valence-corrected chi connectivity index (χ2v) is 6.53. The average molecular weight is 378 g/mol. The molecule has 0 N–H and O–H groups in total. The average Bonchev–Trinajstić information content (AvgIpc) is 2.87. The van der Waals surface area contributed by atoms with Crippen LogP contribution in [0.2, 0.25) is 5.02 Å². The lowest BCUT2D eigenvalue weighted by Gasteiger charge is -2.17. The Labute approximate surface area is 155 Å². The van der Waals surface area contributed by atoms with Gasteiger partial charge in [0.15, 0.2) is 10.6 Å². The summed E-state index contributed by atoms with van der Waals surface area (Å²) in [6, 6.07) is 8.44. The third-order valence-corrected chi connectivity index (χ3v) is 4.68. The lowest BCUT2D eigenvalue weighted by molar-refractivity contribution is 0.241. The van der Waals surface area contributed by atoms with Crippen LogP contribution in [-0.2, 0) is 20.3 Å². The van der Waals surface area contributed by atoms with Gasteiger partial charge in [-0.3, -0.25) is 9.88 Å². The monoisotopic (exact) mass is 377 g/mol. The summed E-state index contributed by atoms with van der Waals surface area (Å²) in [5.74, 6) is 0.436. The summed E-state index contributed by atoms with van der Waals surface area (Å²) in [5, 5.41) is 5.00. The highest BCUT2D eigenvalue weighted by molar-refractivity contribution is 7.71. The molecule has 0 bridgehead atoms. The first kappa shape index (κ1) is 17.7. The van der Waals surface area contributed by atoms with E-state index >= 15 is 0 Å². The Morgan fingerprint density at radius 2 is 1.96 bits per heavy atom. The van der Waals surface area contributed by atoms with E-state index in [2.05, 4.69) is 10.1 Å². The van der Waals surface area contributed by atoms with Crippen LogP contribution in [0.4, 0.5) is 4.39 Å². The lowest BCUT2D eigenvalue weighted by atomic mass is 10.2. The molecule has 0 saturated heterocycles.